The Morgan fingerprint density at radius 3 is 1.95 bits per heavy atom. The molecule has 0 heterocycles. The zero-order chi connectivity index (χ0) is 14.6. The van der Waals surface area contributed by atoms with Gasteiger partial charge in [0.15, 0.2) is 15.6 Å². The molecule has 0 radical (unpaired) electrons. The summed E-state index contributed by atoms with van der Waals surface area (Å²) < 4.78 is 24.0. The Morgan fingerprint density at radius 2 is 1.53 bits per heavy atom. The molecular weight excluding hydrogens is 260 g/mol. The van der Waals surface area contributed by atoms with E-state index in [2.05, 4.69) is 0 Å². The van der Waals surface area contributed by atoms with Crippen molar-refractivity contribution in [3.8, 4) is 0 Å². The first-order valence-electron chi connectivity index (χ1n) is 6.58. The van der Waals surface area contributed by atoms with Crippen LogP contribution in [0.5, 0.6) is 0 Å². The van der Waals surface area contributed by atoms with E-state index in [-0.39, 0.29) is 17.5 Å². The fraction of sp³-hybridized carbons (Fsp3) is 0.533. The first-order chi connectivity index (χ1) is 8.72. The second kappa shape index (κ2) is 6.33. The number of rotatable bonds is 6. The monoisotopic (exact) mass is 282 g/mol. The Labute approximate surface area is 116 Å². The predicted molar refractivity (Wildman–Crippen MR) is 77.1 cm³/mol. The van der Waals surface area contributed by atoms with Gasteiger partial charge in [-0.2, -0.15) is 0 Å². The van der Waals surface area contributed by atoms with E-state index in [1.165, 1.54) is 12.1 Å². The highest BCUT2D eigenvalue weighted by Crippen LogP contribution is 2.17. The molecule has 1 aromatic carbocycles. The van der Waals surface area contributed by atoms with Crippen LogP contribution in [-0.2, 0) is 9.84 Å². The Hall–Kier alpha value is -1.16. The lowest BCUT2D eigenvalue weighted by Crippen LogP contribution is -2.12. The molecule has 0 saturated heterocycles. The molecule has 0 bridgehead atoms. The molecule has 0 aliphatic rings. The average Bonchev–Trinajstić information content (AvgIpc) is 2.26. The topological polar surface area (TPSA) is 51.2 Å². The van der Waals surface area contributed by atoms with Crippen LogP contribution in [0.25, 0.3) is 0 Å². The molecule has 0 aliphatic carbocycles. The number of benzene rings is 1. The third-order valence-corrected chi connectivity index (χ3v) is 4.78. The molecular formula is C15H22O3S. The summed E-state index contributed by atoms with van der Waals surface area (Å²) in [4.78, 5) is 12.1. The molecule has 3 nitrogen and oxygen atoms in total. The Balaban J connectivity index is 2.91. The van der Waals surface area contributed by atoms with Crippen molar-refractivity contribution in [2.45, 2.75) is 39.0 Å². The van der Waals surface area contributed by atoms with Crippen LogP contribution in [0, 0.1) is 11.8 Å². The third-order valence-electron chi connectivity index (χ3n) is 2.68. The zero-order valence-electron chi connectivity index (χ0n) is 12.0. The number of hydrogen-bond donors (Lipinski definition) is 0. The van der Waals surface area contributed by atoms with Crippen LogP contribution in [0.1, 0.15) is 44.5 Å². The van der Waals surface area contributed by atoms with Crippen LogP contribution in [0.15, 0.2) is 29.2 Å². The predicted octanol–water partition coefficient (Wildman–Crippen LogP) is 3.35. The van der Waals surface area contributed by atoms with Crippen molar-refractivity contribution >= 4 is 15.6 Å². The zero-order valence-corrected chi connectivity index (χ0v) is 12.8. The molecule has 106 valence electrons. The van der Waals surface area contributed by atoms with Crippen LogP contribution < -0.4 is 0 Å². The van der Waals surface area contributed by atoms with Crippen LogP contribution in [-0.4, -0.2) is 20.0 Å². The Morgan fingerprint density at radius 1 is 1.00 bits per heavy atom. The molecule has 0 unspecified atom stereocenters. The second-order valence-electron chi connectivity index (χ2n) is 5.72. The third kappa shape index (κ3) is 4.78. The number of Topliss-reactive ketones (excluding diaryl/α,β-unsaturated/α-hetero) is 1. The van der Waals surface area contributed by atoms with Gasteiger partial charge in [0.1, 0.15) is 0 Å². The summed E-state index contributed by atoms with van der Waals surface area (Å²) in [5.74, 6) is 0.582. The van der Waals surface area contributed by atoms with Gasteiger partial charge in [-0.3, -0.25) is 4.79 Å². The van der Waals surface area contributed by atoms with Gasteiger partial charge in [0.05, 0.1) is 10.6 Å². The van der Waals surface area contributed by atoms with Gasteiger partial charge in [0.25, 0.3) is 0 Å². The van der Waals surface area contributed by atoms with Gasteiger partial charge in [-0.25, -0.2) is 8.42 Å². The van der Waals surface area contributed by atoms with E-state index >= 15 is 0 Å². The lowest BCUT2D eigenvalue weighted by Gasteiger charge is -2.08. The van der Waals surface area contributed by atoms with Crippen molar-refractivity contribution in [2.24, 2.45) is 11.8 Å². The molecule has 0 amide bonds. The molecule has 0 saturated carbocycles. The molecule has 0 N–H and O–H groups in total. The van der Waals surface area contributed by atoms with Crippen molar-refractivity contribution in [3.63, 3.8) is 0 Å². The van der Waals surface area contributed by atoms with Crippen molar-refractivity contribution in [1.82, 2.24) is 0 Å². The minimum atomic E-state index is -3.24. The van der Waals surface area contributed by atoms with Crippen molar-refractivity contribution in [3.05, 3.63) is 29.8 Å². The van der Waals surface area contributed by atoms with Crippen molar-refractivity contribution in [1.29, 1.82) is 0 Å². The lowest BCUT2D eigenvalue weighted by atomic mass is 10.0. The summed E-state index contributed by atoms with van der Waals surface area (Å²) in [6, 6.07) is 6.28. The minimum absolute atomic E-state index is 0.0582. The SMILES string of the molecule is CC(C)CC(=O)c1ccc(S(=O)(=O)CC(C)C)cc1. The van der Waals surface area contributed by atoms with E-state index in [0.717, 1.165) is 0 Å². The van der Waals surface area contributed by atoms with E-state index in [1.54, 1.807) is 12.1 Å². The highest BCUT2D eigenvalue weighted by Gasteiger charge is 2.17. The molecule has 19 heavy (non-hydrogen) atoms. The first-order valence-corrected chi connectivity index (χ1v) is 8.23. The molecule has 0 atom stereocenters. The Kier molecular flexibility index (Phi) is 5.29. The van der Waals surface area contributed by atoms with E-state index in [4.69, 9.17) is 0 Å². The van der Waals surface area contributed by atoms with E-state index < -0.39 is 9.84 Å². The maximum atomic E-state index is 12.0. The van der Waals surface area contributed by atoms with E-state index in [0.29, 0.717) is 22.8 Å². The summed E-state index contributed by atoms with van der Waals surface area (Å²) in [6.07, 6.45) is 0.484. The van der Waals surface area contributed by atoms with Gasteiger partial charge >= 0.3 is 0 Å². The van der Waals surface area contributed by atoms with Gasteiger partial charge < -0.3 is 0 Å². The van der Waals surface area contributed by atoms with Crippen molar-refractivity contribution < 1.29 is 13.2 Å². The normalized spacial score (nSPS) is 12.1. The maximum absolute atomic E-state index is 12.0. The number of sulfone groups is 1. The summed E-state index contributed by atoms with van der Waals surface area (Å²) >= 11 is 0. The number of hydrogen-bond acceptors (Lipinski definition) is 3. The van der Waals surface area contributed by atoms with Gasteiger partial charge in [-0.05, 0) is 24.0 Å². The molecule has 1 aromatic rings. The lowest BCUT2D eigenvalue weighted by molar-refractivity contribution is 0.0967. The number of carbonyl (C=O) groups excluding carboxylic acids is 1. The molecule has 0 aliphatic heterocycles. The quantitative estimate of drug-likeness (QED) is 0.752. The molecule has 1 rings (SSSR count). The van der Waals surface area contributed by atoms with E-state index in [9.17, 15) is 13.2 Å². The van der Waals surface area contributed by atoms with Gasteiger partial charge in [0, 0.05) is 12.0 Å². The average molecular weight is 282 g/mol. The molecule has 4 heteroatoms. The first kappa shape index (κ1) is 15.9. The highest BCUT2D eigenvalue weighted by molar-refractivity contribution is 7.91. The smallest absolute Gasteiger partial charge is 0.178 e. The van der Waals surface area contributed by atoms with E-state index in [1.807, 2.05) is 27.7 Å². The fourth-order valence-electron chi connectivity index (χ4n) is 1.87. The maximum Gasteiger partial charge on any atom is 0.178 e. The molecule has 0 aromatic heterocycles. The van der Waals surface area contributed by atoms with Gasteiger partial charge in [0.2, 0.25) is 0 Å². The van der Waals surface area contributed by atoms with Crippen LogP contribution >= 0.6 is 0 Å². The minimum Gasteiger partial charge on any atom is -0.294 e. The van der Waals surface area contributed by atoms with Crippen LogP contribution in [0.4, 0.5) is 0 Å². The molecule has 0 fully saturated rings. The van der Waals surface area contributed by atoms with Crippen LogP contribution in [0.2, 0.25) is 0 Å². The largest absolute Gasteiger partial charge is 0.294 e. The summed E-state index contributed by atoms with van der Waals surface area (Å²) in [5, 5.41) is 0. The number of carbonyl (C=O) groups is 1. The summed E-state index contributed by atoms with van der Waals surface area (Å²) in [5.41, 5.74) is 0.581. The fourth-order valence-corrected chi connectivity index (χ4v) is 3.49. The highest BCUT2D eigenvalue weighted by atomic mass is 32.2. The van der Waals surface area contributed by atoms with Crippen LogP contribution in [0.3, 0.4) is 0 Å². The second-order valence-corrected chi connectivity index (χ2v) is 7.76. The molecule has 0 spiro atoms. The van der Waals surface area contributed by atoms with Gasteiger partial charge in [-0.1, -0.05) is 39.8 Å². The van der Waals surface area contributed by atoms with Crippen molar-refractivity contribution in [2.75, 3.05) is 5.75 Å². The summed E-state index contributed by atoms with van der Waals surface area (Å²) in [6.45, 7) is 7.72. The Bertz CT molecular complexity index is 525. The van der Waals surface area contributed by atoms with Gasteiger partial charge in [-0.15, -0.1) is 0 Å². The number of ketones is 1. The standard InChI is InChI=1S/C15H22O3S/c1-11(2)9-15(16)13-5-7-14(8-6-13)19(17,18)10-12(3)4/h5-8,11-12H,9-10H2,1-4H3. The summed E-state index contributed by atoms with van der Waals surface area (Å²) in [7, 11) is -3.24.